The van der Waals surface area contributed by atoms with E-state index in [9.17, 15) is 14.7 Å². The van der Waals surface area contributed by atoms with E-state index in [2.05, 4.69) is 9.80 Å². The van der Waals surface area contributed by atoms with Gasteiger partial charge in [0.2, 0.25) is 0 Å². The number of benzene rings is 1. The second-order valence-corrected chi connectivity index (χ2v) is 7.86. The summed E-state index contributed by atoms with van der Waals surface area (Å²) in [6.07, 6.45) is 0. The zero-order valence-corrected chi connectivity index (χ0v) is 17.3. The number of piperazine rings is 1. The molecule has 0 saturated carbocycles. The molecule has 2 saturated heterocycles. The van der Waals surface area contributed by atoms with Crippen molar-refractivity contribution in [2.24, 2.45) is 0 Å². The Kier molecular flexibility index (Phi) is 6.79. The van der Waals surface area contributed by atoms with Crippen LogP contribution in [0.15, 0.2) is 36.0 Å². The van der Waals surface area contributed by atoms with Crippen molar-refractivity contribution in [3.05, 3.63) is 41.6 Å². The van der Waals surface area contributed by atoms with Crippen LogP contribution in [0.1, 0.15) is 5.56 Å². The number of imide groups is 1. The first-order valence-electron chi connectivity index (χ1n) is 10.7. The third kappa shape index (κ3) is 4.41. The molecule has 2 amide bonds. The molecule has 162 valence electrons. The fourth-order valence-corrected chi connectivity index (χ4v) is 4.33. The fourth-order valence-electron chi connectivity index (χ4n) is 4.33. The molecular formula is C22H30N4O4. The lowest BCUT2D eigenvalue weighted by molar-refractivity contribution is -0.138. The lowest BCUT2D eigenvalue weighted by Crippen LogP contribution is -2.48. The number of ether oxygens (including phenoxy) is 1. The summed E-state index contributed by atoms with van der Waals surface area (Å²) < 4.78 is 5.39. The van der Waals surface area contributed by atoms with E-state index >= 15 is 0 Å². The molecule has 0 atom stereocenters. The highest BCUT2D eigenvalue weighted by Crippen LogP contribution is 2.32. The van der Waals surface area contributed by atoms with Crippen molar-refractivity contribution in [1.82, 2.24) is 19.6 Å². The van der Waals surface area contributed by atoms with E-state index in [0.29, 0.717) is 57.2 Å². The number of rotatable bonds is 7. The Labute approximate surface area is 177 Å². The van der Waals surface area contributed by atoms with Crippen LogP contribution >= 0.6 is 0 Å². The predicted molar refractivity (Wildman–Crippen MR) is 112 cm³/mol. The van der Waals surface area contributed by atoms with Gasteiger partial charge < -0.3 is 14.7 Å². The number of hydrogen-bond donors (Lipinski definition) is 1. The third-order valence-corrected chi connectivity index (χ3v) is 6.05. The molecule has 1 N–H and O–H groups in total. The maximum Gasteiger partial charge on any atom is 0.277 e. The predicted octanol–water partition coefficient (Wildman–Crippen LogP) is -0.291. The Morgan fingerprint density at radius 3 is 2.13 bits per heavy atom. The lowest BCUT2D eigenvalue weighted by atomic mass is 10.0. The van der Waals surface area contributed by atoms with Crippen LogP contribution in [0.4, 0.5) is 0 Å². The van der Waals surface area contributed by atoms with Gasteiger partial charge in [0, 0.05) is 58.9 Å². The molecule has 3 aliphatic rings. The van der Waals surface area contributed by atoms with Crippen LogP contribution in [0.3, 0.4) is 0 Å². The number of β-amino-alcohol motifs (C(OH)–C–C–N with tert-alkyl or cyclic N) is 1. The molecule has 1 aromatic carbocycles. The molecule has 1 aromatic rings. The van der Waals surface area contributed by atoms with Gasteiger partial charge in [-0.2, -0.15) is 0 Å². The Morgan fingerprint density at radius 2 is 1.47 bits per heavy atom. The molecule has 0 aromatic heterocycles. The Balaban J connectivity index is 1.54. The van der Waals surface area contributed by atoms with Gasteiger partial charge in [-0.3, -0.25) is 24.3 Å². The van der Waals surface area contributed by atoms with Gasteiger partial charge in [0.25, 0.3) is 11.8 Å². The Bertz CT molecular complexity index is 784. The highest BCUT2D eigenvalue weighted by Gasteiger charge is 2.42. The number of amides is 2. The summed E-state index contributed by atoms with van der Waals surface area (Å²) in [5, 5.41) is 9.18. The smallest absolute Gasteiger partial charge is 0.277 e. The van der Waals surface area contributed by atoms with E-state index in [4.69, 9.17) is 4.74 Å². The molecule has 8 nitrogen and oxygen atoms in total. The normalized spacial score (nSPS) is 21.8. The summed E-state index contributed by atoms with van der Waals surface area (Å²) in [6, 6.07) is 9.50. The number of hydrogen-bond acceptors (Lipinski definition) is 7. The highest BCUT2D eigenvalue weighted by atomic mass is 16.5. The van der Waals surface area contributed by atoms with Gasteiger partial charge in [0.15, 0.2) is 0 Å². The van der Waals surface area contributed by atoms with E-state index in [-0.39, 0.29) is 18.4 Å². The van der Waals surface area contributed by atoms with Gasteiger partial charge in [0.05, 0.1) is 25.4 Å². The maximum absolute atomic E-state index is 13.4. The minimum atomic E-state index is -0.202. The van der Waals surface area contributed by atoms with Gasteiger partial charge in [0.1, 0.15) is 5.70 Å². The second kappa shape index (κ2) is 9.70. The number of carbonyl (C=O) groups excluding carboxylic acids is 2. The van der Waals surface area contributed by atoms with Crippen molar-refractivity contribution < 1.29 is 19.4 Å². The van der Waals surface area contributed by atoms with Crippen molar-refractivity contribution >= 4 is 17.4 Å². The van der Waals surface area contributed by atoms with E-state index in [1.54, 1.807) is 0 Å². The van der Waals surface area contributed by atoms with Crippen LogP contribution < -0.4 is 0 Å². The second-order valence-electron chi connectivity index (χ2n) is 7.86. The first-order valence-corrected chi connectivity index (χ1v) is 10.7. The summed E-state index contributed by atoms with van der Waals surface area (Å²) in [4.78, 5) is 34.6. The zero-order chi connectivity index (χ0) is 20.9. The highest BCUT2D eigenvalue weighted by molar-refractivity contribution is 6.35. The monoisotopic (exact) mass is 414 g/mol. The number of aliphatic hydroxyl groups excluding tert-OH is 1. The molecule has 0 spiro atoms. The van der Waals surface area contributed by atoms with Crippen molar-refractivity contribution in [2.45, 2.75) is 0 Å². The van der Waals surface area contributed by atoms with Crippen LogP contribution in [0.5, 0.6) is 0 Å². The molecule has 8 heteroatoms. The zero-order valence-electron chi connectivity index (χ0n) is 17.3. The number of aliphatic hydroxyl groups is 1. The molecule has 0 bridgehead atoms. The van der Waals surface area contributed by atoms with Crippen molar-refractivity contribution in [3.63, 3.8) is 0 Å². The van der Waals surface area contributed by atoms with Gasteiger partial charge in [-0.05, 0) is 5.56 Å². The molecule has 3 aliphatic heterocycles. The van der Waals surface area contributed by atoms with E-state index in [0.717, 1.165) is 31.7 Å². The first-order chi connectivity index (χ1) is 14.7. The van der Waals surface area contributed by atoms with Crippen molar-refractivity contribution in [2.75, 3.05) is 78.7 Å². The first kappa shape index (κ1) is 21.0. The average molecular weight is 415 g/mol. The van der Waals surface area contributed by atoms with Gasteiger partial charge >= 0.3 is 0 Å². The van der Waals surface area contributed by atoms with Gasteiger partial charge in [-0.1, -0.05) is 30.3 Å². The number of morpholine rings is 1. The summed E-state index contributed by atoms with van der Waals surface area (Å²) in [7, 11) is 0. The van der Waals surface area contributed by atoms with E-state index in [1.807, 2.05) is 35.2 Å². The standard InChI is InChI=1S/C22H30N4O4/c27-15-12-23-6-9-25(10-7-23)20-19(18-4-2-1-3-5-18)21(28)26(22(20)29)11-8-24-13-16-30-17-14-24/h1-5,27H,6-17H2. The summed E-state index contributed by atoms with van der Waals surface area (Å²) in [5.41, 5.74) is 1.83. The van der Waals surface area contributed by atoms with Crippen molar-refractivity contribution in [3.8, 4) is 0 Å². The number of nitrogens with zero attached hydrogens (tertiary/aromatic N) is 4. The molecule has 0 radical (unpaired) electrons. The topological polar surface area (TPSA) is 76.6 Å². The minimum absolute atomic E-state index is 0.130. The molecule has 0 aliphatic carbocycles. The average Bonchev–Trinajstić information content (AvgIpc) is 3.04. The molecule has 0 unspecified atom stereocenters. The van der Waals surface area contributed by atoms with Crippen LogP contribution in [-0.4, -0.2) is 115 Å². The lowest BCUT2D eigenvalue weighted by Gasteiger charge is -2.36. The fraction of sp³-hybridized carbons (Fsp3) is 0.545. The minimum Gasteiger partial charge on any atom is -0.395 e. The summed E-state index contributed by atoms with van der Waals surface area (Å²) >= 11 is 0. The van der Waals surface area contributed by atoms with Crippen molar-refractivity contribution in [1.29, 1.82) is 0 Å². The van der Waals surface area contributed by atoms with Gasteiger partial charge in [-0.15, -0.1) is 0 Å². The Hall–Kier alpha value is -2.26. The Morgan fingerprint density at radius 1 is 0.800 bits per heavy atom. The molecule has 2 fully saturated rings. The number of carbonyl (C=O) groups is 2. The summed E-state index contributed by atoms with van der Waals surface area (Å²) in [5.74, 6) is -0.394. The summed E-state index contributed by atoms with van der Waals surface area (Å²) in [6.45, 7) is 7.73. The van der Waals surface area contributed by atoms with Gasteiger partial charge in [-0.25, -0.2) is 0 Å². The van der Waals surface area contributed by atoms with E-state index in [1.165, 1.54) is 4.90 Å². The molecule has 3 heterocycles. The SMILES string of the molecule is O=C1C(c2ccccc2)=C(N2CCN(CCO)CC2)C(=O)N1CCN1CCOCC1. The van der Waals surface area contributed by atoms with Crippen LogP contribution in [0, 0.1) is 0 Å². The van der Waals surface area contributed by atoms with Crippen LogP contribution in [0.25, 0.3) is 5.57 Å². The maximum atomic E-state index is 13.4. The third-order valence-electron chi connectivity index (χ3n) is 6.05. The largest absolute Gasteiger partial charge is 0.395 e. The van der Waals surface area contributed by atoms with Crippen LogP contribution in [-0.2, 0) is 14.3 Å². The molecule has 30 heavy (non-hydrogen) atoms. The van der Waals surface area contributed by atoms with Crippen LogP contribution in [0.2, 0.25) is 0 Å². The molecule has 4 rings (SSSR count). The van der Waals surface area contributed by atoms with E-state index < -0.39 is 0 Å². The molecular weight excluding hydrogens is 384 g/mol. The quantitative estimate of drug-likeness (QED) is 0.615.